The molecule has 2 aromatic rings. The third-order valence-electron chi connectivity index (χ3n) is 3.66. The quantitative estimate of drug-likeness (QED) is 0.758. The lowest BCUT2D eigenvalue weighted by Crippen LogP contribution is -2.34. The van der Waals surface area contributed by atoms with Crippen molar-refractivity contribution in [1.29, 1.82) is 0 Å². The van der Waals surface area contributed by atoms with Gasteiger partial charge in [0.05, 0.1) is 5.41 Å². The van der Waals surface area contributed by atoms with E-state index in [1.165, 1.54) is 6.92 Å². The summed E-state index contributed by atoms with van der Waals surface area (Å²) in [5, 5.41) is 5.58. The summed E-state index contributed by atoms with van der Waals surface area (Å²) < 4.78 is 0. The average Bonchev–Trinajstić information content (AvgIpc) is 2.49. The van der Waals surface area contributed by atoms with Crippen molar-refractivity contribution in [3.8, 4) is 0 Å². The van der Waals surface area contributed by atoms with Crippen LogP contribution in [-0.2, 0) is 15.0 Å². The number of nitrogens with two attached hydrogens (primary N) is 1. The van der Waals surface area contributed by atoms with E-state index in [-0.39, 0.29) is 11.8 Å². The highest BCUT2D eigenvalue weighted by atomic mass is 16.2. The summed E-state index contributed by atoms with van der Waals surface area (Å²) in [5.41, 5.74) is 7.91. The van der Waals surface area contributed by atoms with Gasteiger partial charge >= 0.3 is 0 Å². The van der Waals surface area contributed by atoms with Gasteiger partial charge in [0.25, 0.3) is 0 Å². The molecule has 5 heteroatoms. The van der Waals surface area contributed by atoms with Gasteiger partial charge in [-0.3, -0.25) is 9.59 Å². The van der Waals surface area contributed by atoms with Crippen LogP contribution in [-0.4, -0.2) is 11.8 Å². The fourth-order valence-electron chi connectivity index (χ4n) is 2.16. The maximum absolute atomic E-state index is 12.6. The minimum absolute atomic E-state index is 0.116. The molecule has 0 aromatic heterocycles. The molecule has 2 amide bonds. The first kappa shape index (κ1) is 16.5. The van der Waals surface area contributed by atoms with E-state index in [0.717, 1.165) is 5.56 Å². The van der Waals surface area contributed by atoms with Crippen LogP contribution in [0.1, 0.15) is 26.3 Å². The number of hydrogen-bond acceptors (Lipinski definition) is 3. The second-order valence-electron chi connectivity index (χ2n) is 5.96. The Balaban J connectivity index is 2.11. The van der Waals surface area contributed by atoms with E-state index in [9.17, 15) is 9.59 Å². The number of carbonyl (C=O) groups excluding carboxylic acids is 2. The SMILES string of the molecule is CC(=O)Nc1ccc(NC(=O)C(C)(C)c2ccc(N)cc2)cc1. The van der Waals surface area contributed by atoms with Crippen LogP contribution in [0.2, 0.25) is 0 Å². The van der Waals surface area contributed by atoms with Crippen molar-refractivity contribution in [1.82, 2.24) is 0 Å². The third-order valence-corrected chi connectivity index (χ3v) is 3.66. The summed E-state index contributed by atoms with van der Waals surface area (Å²) in [6.45, 7) is 5.17. The van der Waals surface area contributed by atoms with Gasteiger partial charge in [0, 0.05) is 24.0 Å². The van der Waals surface area contributed by atoms with Crippen LogP contribution in [0.3, 0.4) is 0 Å². The van der Waals surface area contributed by atoms with Gasteiger partial charge in [-0.25, -0.2) is 0 Å². The van der Waals surface area contributed by atoms with Gasteiger partial charge in [-0.2, -0.15) is 0 Å². The van der Waals surface area contributed by atoms with Crippen molar-refractivity contribution in [2.24, 2.45) is 0 Å². The highest BCUT2D eigenvalue weighted by Crippen LogP contribution is 2.26. The monoisotopic (exact) mass is 311 g/mol. The zero-order valence-electron chi connectivity index (χ0n) is 13.5. The first-order valence-corrected chi connectivity index (χ1v) is 7.34. The summed E-state index contributed by atoms with van der Waals surface area (Å²) in [4.78, 5) is 23.6. The lowest BCUT2D eigenvalue weighted by Gasteiger charge is -2.24. The Bertz CT molecular complexity index is 704. The number of nitrogen functional groups attached to an aromatic ring is 1. The lowest BCUT2D eigenvalue weighted by molar-refractivity contribution is -0.120. The maximum Gasteiger partial charge on any atom is 0.234 e. The Hall–Kier alpha value is -2.82. The molecule has 4 N–H and O–H groups in total. The fraction of sp³-hybridized carbons (Fsp3) is 0.222. The Morgan fingerprint density at radius 3 is 1.83 bits per heavy atom. The molecule has 0 aliphatic heterocycles. The summed E-state index contributed by atoms with van der Waals surface area (Å²) in [6, 6.07) is 14.3. The highest BCUT2D eigenvalue weighted by molar-refractivity contribution is 5.99. The molecule has 0 unspecified atom stereocenters. The molecule has 0 aliphatic rings. The van der Waals surface area contributed by atoms with Crippen molar-refractivity contribution in [2.75, 3.05) is 16.4 Å². The molecule has 2 rings (SSSR count). The van der Waals surface area contributed by atoms with E-state index in [2.05, 4.69) is 10.6 Å². The Morgan fingerprint density at radius 1 is 0.870 bits per heavy atom. The van der Waals surface area contributed by atoms with Crippen molar-refractivity contribution in [2.45, 2.75) is 26.2 Å². The standard InChI is InChI=1S/C18H21N3O2/c1-12(22)20-15-8-10-16(11-9-15)21-17(23)18(2,3)13-4-6-14(19)7-5-13/h4-11H,19H2,1-3H3,(H,20,22)(H,21,23). The molecule has 0 fully saturated rings. The summed E-state index contributed by atoms with van der Waals surface area (Å²) in [7, 11) is 0. The second kappa shape index (κ2) is 6.52. The Morgan fingerprint density at radius 2 is 1.35 bits per heavy atom. The van der Waals surface area contributed by atoms with Crippen LogP contribution in [0.25, 0.3) is 0 Å². The van der Waals surface area contributed by atoms with Crippen LogP contribution in [0, 0.1) is 0 Å². The number of anilines is 3. The topological polar surface area (TPSA) is 84.2 Å². The van der Waals surface area contributed by atoms with E-state index in [1.807, 2.05) is 26.0 Å². The van der Waals surface area contributed by atoms with Crippen LogP contribution >= 0.6 is 0 Å². The number of hydrogen-bond donors (Lipinski definition) is 3. The maximum atomic E-state index is 12.6. The second-order valence-corrected chi connectivity index (χ2v) is 5.96. The Labute approximate surface area is 135 Å². The molecule has 5 nitrogen and oxygen atoms in total. The molecule has 0 atom stereocenters. The normalized spacial score (nSPS) is 10.9. The fourth-order valence-corrected chi connectivity index (χ4v) is 2.16. The molecule has 0 bridgehead atoms. The van der Waals surface area contributed by atoms with Crippen molar-refractivity contribution < 1.29 is 9.59 Å². The number of rotatable bonds is 4. The van der Waals surface area contributed by atoms with E-state index in [4.69, 9.17) is 5.73 Å². The summed E-state index contributed by atoms with van der Waals surface area (Å²) in [5.74, 6) is -0.249. The largest absolute Gasteiger partial charge is 0.399 e. The first-order valence-electron chi connectivity index (χ1n) is 7.34. The number of nitrogens with one attached hydrogen (secondary N) is 2. The molecule has 2 aromatic carbocycles. The van der Waals surface area contributed by atoms with Crippen molar-refractivity contribution in [3.63, 3.8) is 0 Å². The molecule has 0 saturated heterocycles. The molecule has 0 heterocycles. The van der Waals surface area contributed by atoms with Gasteiger partial charge in [0.15, 0.2) is 0 Å². The van der Waals surface area contributed by atoms with Gasteiger partial charge in [-0.15, -0.1) is 0 Å². The molecule has 0 aliphatic carbocycles. The molecule has 0 saturated carbocycles. The summed E-state index contributed by atoms with van der Waals surface area (Å²) in [6.07, 6.45) is 0. The molecule has 0 spiro atoms. The number of benzene rings is 2. The highest BCUT2D eigenvalue weighted by Gasteiger charge is 2.29. The Kier molecular flexibility index (Phi) is 4.69. The van der Waals surface area contributed by atoms with Gasteiger partial charge < -0.3 is 16.4 Å². The molecule has 23 heavy (non-hydrogen) atoms. The molecule has 0 radical (unpaired) electrons. The molecular weight excluding hydrogens is 290 g/mol. The van der Waals surface area contributed by atoms with Crippen molar-refractivity contribution in [3.05, 3.63) is 54.1 Å². The number of carbonyl (C=O) groups is 2. The zero-order valence-corrected chi connectivity index (χ0v) is 13.5. The number of amides is 2. The lowest BCUT2D eigenvalue weighted by atomic mass is 9.83. The van der Waals surface area contributed by atoms with Crippen LogP contribution in [0.5, 0.6) is 0 Å². The molecular formula is C18H21N3O2. The van der Waals surface area contributed by atoms with E-state index < -0.39 is 5.41 Å². The van der Waals surface area contributed by atoms with Gasteiger partial charge in [0.1, 0.15) is 0 Å². The van der Waals surface area contributed by atoms with Crippen LogP contribution < -0.4 is 16.4 Å². The minimum atomic E-state index is -0.690. The van der Waals surface area contributed by atoms with Gasteiger partial charge in [-0.1, -0.05) is 12.1 Å². The van der Waals surface area contributed by atoms with E-state index >= 15 is 0 Å². The van der Waals surface area contributed by atoms with Crippen molar-refractivity contribution >= 4 is 28.9 Å². The smallest absolute Gasteiger partial charge is 0.234 e. The van der Waals surface area contributed by atoms with Gasteiger partial charge in [-0.05, 0) is 55.8 Å². The predicted octanol–water partition coefficient (Wildman–Crippen LogP) is 3.14. The van der Waals surface area contributed by atoms with Crippen LogP contribution in [0.15, 0.2) is 48.5 Å². The average molecular weight is 311 g/mol. The summed E-state index contributed by atoms with van der Waals surface area (Å²) >= 11 is 0. The zero-order chi connectivity index (χ0) is 17.0. The van der Waals surface area contributed by atoms with E-state index in [0.29, 0.717) is 17.1 Å². The van der Waals surface area contributed by atoms with E-state index in [1.54, 1.807) is 36.4 Å². The minimum Gasteiger partial charge on any atom is -0.399 e. The van der Waals surface area contributed by atoms with Gasteiger partial charge in [0.2, 0.25) is 11.8 Å². The third kappa shape index (κ3) is 4.10. The van der Waals surface area contributed by atoms with Crippen LogP contribution in [0.4, 0.5) is 17.1 Å². The first-order chi connectivity index (χ1) is 10.8. The predicted molar refractivity (Wildman–Crippen MR) is 93.3 cm³/mol. The molecule has 120 valence electrons.